The van der Waals surface area contributed by atoms with E-state index >= 15 is 0 Å². The molecule has 3 rings (SSSR count). The molecule has 7 heteroatoms. The van der Waals surface area contributed by atoms with Crippen LogP contribution in [0, 0.1) is 0 Å². The Morgan fingerprint density at radius 2 is 1.86 bits per heavy atom. The Labute approximate surface area is 124 Å². The summed E-state index contributed by atoms with van der Waals surface area (Å²) in [4.78, 5) is 7.81. The SMILES string of the molecule is F[B-](F)(F)c1cncc(OCc2ccnc3ccccc23)c1. The second-order valence-electron chi connectivity index (χ2n) is 4.80. The fraction of sp³-hybridized carbons (Fsp3) is 0.0667. The van der Waals surface area contributed by atoms with Crippen molar-refractivity contribution in [2.45, 2.75) is 6.61 Å². The van der Waals surface area contributed by atoms with E-state index in [2.05, 4.69) is 9.97 Å². The maximum atomic E-state index is 12.7. The third kappa shape index (κ3) is 3.03. The first-order valence-corrected chi connectivity index (χ1v) is 6.64. The Morgan fingerprint density at radius 3 is 2.68 bits per heavy atom. The number of rotatable bonds is 4. The number of hydrogen-bond donors (Lipinski definition) is 0. The molecule has 0 aliphatic rings. The van der Waals surface area contributed by atoms with Crippen molar-refractivity contribution >= 4 is 23.3 Å². The maximum Gasteiger partial charge on any atom is 0.511 e. The smallest absolute Gasteiger partial charge is 0.487 e. The van der Waals surface area contributed by atoms with Crippen molar-refractivity contribution in [1.29, 1.82) is 0 Å². The predicted octanol–water partition coefficient (Wildman–Crippen LogP) is 3.26. The van der Waals surface area contributed by atoms with Gasteiger partial charge in [0.15, 0.2) is 0 Å². The van der Waals surface area contributed by atoms with Gasteiger partial charge >= 0.3 is 6.98 Å². The summed E-state index contributed by atoms with van der Waals surface area (Å²) in [6, 6.07) is 10.3. The fourth-order valence-corrected chi connectivity index (χ4v) is 2.14. The quantitative estimate of drug-likeness (QED) is 0.694. The van der Waals surface area contributed by atoms with Crippen molar-refractivity contribution in [2.24, 2.45) is 0 Å². The molecule has 112 valence electrons. The van der Waals surface area contributed by atoms with Crippen molar-refractivity contribution in [2.75, 3.05) is 0 Å². The van der Waals surface area contributed by atoms with Crippen molar-refractivity contribution < 1.29 is 17.7 Å². The molecular weight excluding hydrogens is 292 g/mol. The molecule has 3 nitrogen and oxygen atoms in total. The van der Waals surface area contributed by atoms with Gasteiger partial charge in [-0.05, 0) is 18.2 Å². The number of aromatic nitrogens is 2. The van der Waals surface area contributed by atoms with Gasteiger partial charge in [-0.2, -0.15) is 0 Å². The summed E-state index contributed by atoms with van der Waals surface area (Å²) < 4.78 is 43.5. The normalized spacial score (nSPS) is 11.6. The van der Waals surface area contributed by atoms with Crippen LogP contribution >= 0.6 is 0 Å². The molecule has 2 aromatic heterocycles. The highest BCUT2D eigenvalue weighted by Crippen LogP contribution is 2.19. The highest BCUT2D eigenvalue weighted by molar-refractivity contribution is 6.73. The van der Waals surface area contributed by atoms with Crippen LogP contribution in [0.5, 0.6) is 5.75 Å². The summed E-state index contributed by atoms with van der Waals surface area (Å²) >= 11 is 0. The number of ether oxygens (including phenoxy) is 1. The second-order valence-corrected chi connectivity index (χ2v) is 4.80. The van der Waals surface area contributed by atoms with Crippen LogP contribution in [-0.2, 0) is 6.61 Å². The predicted molar refractivity (Wildman–Crippen MR) is 79.0 cm³/mol. The molecule has 2 heterocycles. The molecule has 0 fully saturated rings. The number of para-hydroxylation sites is 1. The lowest BCUT2D eigenvalue weighted by Crippen LogP contribution is -2.34. The van der Waals surface area contributed by atoms with Crippen molar-refractivity contribution in [3.8, 4) is 5.75 Å². The van der Waals surface area contributed by atoms with E-state index in [1.807, 2.05) is 24.3 Å². The minimum absolute atomic E-state index is 0.0950. The molecule has 3 aromatic rings. The van der Waals surface area contributed by atoms with Gasteiger partial charge in [0.1, 0.15) is 12.4 Å². The number of hydrogen-bond acceptors (Lipinski definition) is 3. The molecule has 0 unspecified atom stereocenters. The Kier molecular flexibility index (Phi) is 3.71. The summed E-state index contributed by atoms with van der Waals surface area (Å²) in [5.41, 5.74) is 0.903. The van der Waals surface area contributed by atoms with Crippen LogP contribution in [0.2, 0.25) is 0 Å². The Bertz CT molecular complexity index is 803. The monoisotopic (exact) mass is 303 g/mol. The molecule has 1 aromatic carbocycles. The second kappa shape index (κ2) is 5.67. The first kappa shape index (κ1) is 14.4. The highest BCUT2D eigenvalue weighted by atomic mass is 19.4. The van der Waals surface area contributed by atoms with E-state index < -0.39 is 12.4 Å². The van der Waals surface area contributed by atoms with E-state index in [9.17, 15) is 12.9 Å². The average molecular weight is 303 g/mol. The van der Waals surface area contributed by atoms with Gasteiger partial charge in [-0.3, -0.25) is 9.97 Å². The third-order valence-corrected chi connectivity index (χ3v) is 3.25. The van der Waals surface area contributed by atoms with Crippen LogP contribution in [0.4, 0.5) is 12.9 Å². The van der Waals surface area contributed by atoms with Gasteiger partial charge in [-0.1, -0.05) is 23.7 Å². The molecular formula is C15H11BF3N2O-. The zero-order valence-corrected chi connectivity index (χ0v) is 11.4. The zero-order valence-electron chi connectivity index (χ0n) is 11.4. The lowest BCUT2D eigenvalue weighted by molar-refractivity contribution is 0.306. The van der Waals surface area contributed by atoms with Crippen LogP contribution in [0.1, 0.15) is 5.56 Å². The first-order valence-electron chi connectivity index (χ1n) is 6.64. The summed E-state index contributed by atoms with van der Waals surface area (Å²) in [6.45, 7) is -4.93. The highest BCUT2D eigenvalue weighted by Gasteiger charge is 2.26. The maximum absolute atomic E-state index is 12.7. The summed E-state index contributed by atoms with van der Waals surface area (Å²) in [6.07, 6.45) is 3.72. The summed E-state index contributed by atoms with van der Waals surface area (Å²) in [7, 11) is 0. The van der Waals surface area contributed by atoms with E-state index in [-0.39, 0.29) is 12.4 Å². The van der Waals surface area contributed by atoms with Gasteiger partial charge in [0, 0.05) is 23.3 Å². The first-order chi connectivity index (χ1) is 10.5. The minimum atomic E-state index is -5.08. The minimum Gasteiger partial charge on any atom is -0.487 e. The number of nitrogens with zero attached hydrogens (tertiary/aromatic N) is 2. The van der Waals surface area contributed by atoms with E-state index in [1.54, 1.807) is 12.3 Å². The molecule has 0 radical (unpaired) electrons. The van der Waals surface area contributed by atoms with Gasteiger partial charge in [0.25, 0.3) is 0 Å². The van der Waals surface area contributed by atoms with E-state index in [4.69, 9.17) is 4.74 Å². The van der Waals surface area contributed by atoms with Gasteiger partial charge < -0.3 is 17.7 Å². The number of pyridine rings is 2. The lowest BCUT2D eigenvalue weighted by atomic mass is 9.81. The van der Waals surface area contributed by atoms with Gasteiger partial charge in [0.05, 0.1) is 11.7 Å². The number of halogens is 3. The largest absolute Gasteiger partial charge is 0.511 e. The zero-order chi connectivity index (χ0) is 15.6. The van der Waals surface area contributed by atoms with E-state index in [0.717, 1.165) is 28.7 Å². The average Bonchev–Trinajstić information content (AvgIpc) is 2.52. The fourth-order valence-electron chi connectivity index (χ4n) is 2.14. The van der Waals surface area contributed by atoms with Crippen molar-refractivity contribution in [3.63, 3.8) is 0 Å². The molecule has 0 aliphatic carbocycles. The van der Waals surface area contributed by atoms with Gasteiger partial charge in [0.2, 0.25) is 0 Å². The van der Waals surface area contributed by atoms with Crippen LogP contribution in [-0.4, -0.2) is 16.9 Å². The third-order valence-electron chi connectivity index (χ3n) is 3.25. The molecule has 0 atom stereocenters. The molecule has 0 bridgehead atoms. The summed E-state index contributed by atoms with van der Waals surface area (Å²) in [5.74, 6) is 0.0950. The van der Waals surface area contributed by atoms with Crippen molar-refractivity contribution in [1.82, 2.24) is 9.97 Å². The summed E-state index contributed by atoms with van der Waals surface area (Å²) in [5, 5.41) is 0.911. The molecule has 22 heavy (non-hydrogen) atoms. The van der Waals surface area contributed by atoms with Gasteiger partial charge in [-0.25, -0.2) is 0 Å². The number of fused-ring (bicyclic) bond motifs is 1. The molecule has 0 N–H and O–H groups in total. The van der Waals surface area contributed by atoms with E-state index in [0.29, 0.717) is 0 Å². The Morgan fingerprint density at radius 1 is 1.05 bits per heavy atom. The van der Waals surface area contributed by atoms with Gasteiger partial charge in [-0.15, -0.1) is 0 Å². The molecule has 0 spiro atoms. The number of benzene rings is 1. The molecule has 0 saturated heterocycles. The lowest BCUT2D eigenvalue weighted by Gasteiger charge is -2.15. The van der Waals surface area contributed by atoms with Crippen LogP contribution in [0.3, 0.4) is 0 Å². The van der Waals surface area contributed by atoms with E-state index in [1.165, 1.54) is 6.20 Å². The van der Waals surface area contributed by atoms with Crippen LogP contribution in [0.25, 0.3) is 10.9 Å². The van der Waals surface area contributed by atoms with Crippen LogP contribution < -0.4 is 10.2 Å². The van der Waals surface area contributed by atoms with Crippen molar-refractivity contribution in [3.05, 3.63) is 60.6 Å². The standard InChI is InChI=1S/C15H11BF3N2O/c17-16(18,19)12-7-13(9-20-8-12)22-10-11-5-6-21-15-4-2-1-3-14(11)15/h1-9H,10H2/q-1. The topological polar surface area (TPSA) is 35.0 Å². The molecule has 0 saturated carbocycles. The van der Waals surface area contributed by atoms with Crippen LogP contribution in [0.15, 0.2) is 55.0 Å². The Hall–Kier alpha value is -2.57. The molecule has 0 aliphatic heterocycles. The Balaban J connectivity index is 1.83. The molecule has 0 amide bonds.